The maximum atomic E-state index is 10.7. The highest BCUT2D eigenvalue weighted by molar-refractivity contribution is 5.71. The smallest absolute Gasteiger partial charge is 0.320 e. The Morgan fingerprint density at radius 3 is 2.55 bits per heavy atom. The monoisotopic (exact) mass is 161 g/mol. The van der Waals surface area contributed by atoms with E-state index in [1.54, 1.807) is 13.8 Å². The molecule has 0 amide bonds. The molecule has 66 valence electrons. The lowest BCUT2D eigenvalue weighted by Crippen LogP contribution is -2.32. The van der Waals surface area contributed by atoms with Crippen molar-refractivity contribution in [2.45, 2.75) is 25.9 Å². The molecule has 0 heterocycles. The van der Waals surface area contributed by atoms with Crippen LogP contribution in [0.1, 0.15) is 20.3 Å². The van der Waals surface area contributed by atoms with Crippen LogP contribution in [0.2, 0.25) is 0 Å². The van der Waals surface area contributed by atoms with Crippen LogP contribution >= 0.6 is 0 Å². The van der Waals surface area contributed by atoms with Gasteiger partial charge in [-0.25, -0.2) is 0 Å². The standard InChI is InChI=1S/C7H15NO3/c1-7(2,3-4-9)11-6(10)5-8/h9H,3-5,8H2,1-2H3. The Bertz CT molecular complexity index is 134. The third kappa shape index (κ3) is 4.75. The summed E-state index contributed by atoms with van der Waals surface area (Å²) in [5, 5.41) is 8.56. The number of rotatable bonds is 4. The number of nitrogens with two attached hydrogens (primary N) is 1. The van der Waals surface area contributed by atoms with Crippen LogP contribution in [0.4, 0.5) is 0 Å². The predicted octanol–water partition coefficient (Wildman–Crippen LogP) is -0.351. The molecule has 0 aliphatic rings. The summed E-state index contributed by atoms with van der Waals surface area (Å²) in [5.41, 5.74) is 4.43. The molecule has 0 rings (SSSR count). The molecule has 0 unspecified atom stereocenters. The van der Waals surface area contributed by atoms with E-state index in [1.165, 1.54) is 0 Å². The van der Waals surface area contributed by atoms with Crippen LogP contribution in [0.25, 0.3) is 0 Å². The number of hydrogen-bond donors (Lipinski definition) is 2. The van der Waals surface area contributed by atoms with Gasteiger partial charge in [-0.05, 0) is 13.8 Å². The van der Waals surface area contributed by atoms with Gasteiger partial charge in [0, 0.05) is 13.0 Å². The van der Waals surface area contributed by atoms with Gasteiger partial charge in [0.15, 0.2) is 0 Å². The summed E-state index contributed by atoms with van der Waals surface area (Å²) >= 11 is 0. The van der Waals surface area contributed by atoms with Gasteiger partial charge >= 0.3 is 5.97 Å². The second kappa shape index (κ2) is 4.31. The van der Waals surface area contributed by atoms with Crippen LogP contribution in [-0.4, -0.2) is 29.8 Å². The molecule has 4 heteroatoms. The van der Waals surface area contributed by atoms with Gasteiger partial charge in [-0.2, -0.15) is 0 Å². The first kappa shape index (κ1) is 10.4. The van der Waals surface area contributed by atoms with E-state index in [4.69, 9.17) is 15.6 Å². The summed E-state index contributed by atoms with van der Waals surface area (Å²) in [6.07, 6.45) is 0.429. The van der Waals surface area contributed by atoms with E-state index in [9.17, 15) is 4.79 Å². The number of aliphatic hydroxyl groups excluding tert-OH is 1. The highest BCUT2D eigenvalue weighted by Crippen LogP contribution is 2.13. The van der Waals surface area contributed by atoms with Crippen LogP contribution in [0.5, 0.6) is 0 Å². The van der Waals surface area contributed by atoms with E-state index in [2.05, 4.69) is 0 Å². The lowest BCUT2D eigenvalue weighted by Gasteiger charge is -2.23. The van der Waals surface area contributed by atoms with E-state index < -0.39 is 11.6 Å². The number of carbonyl (C=O) groups is 1. The maximum Gasteiger partial charge on any atom is 0.320 e. The Hall–Kier alpha value is -0.610. The fourth-order valence-corrected chi connectivity index (χ4v) is 0.670. The van der Waals surface area contributed by atoms with Crippen LogP contribution < -0.4 is 5.73 Å². The zero-order chi connectivity index (χ0) is 8.91. The fraction of sp³-hybridized carbons (Fsp3) is 0.857. The first-order chi connectivity index (χ1) is 5.02. The van der Waals surface area contributed by atoms with Crippen molar-refractivity contribution in [1.29, 1.82) is 0 Å². The second-order valence-electron chi connectivity index (χ2n) is 2.91. The molecule has 0 atom stereocenters. The molecule has 0 aliphatic heterocycles. The molecule has 0 fully saturated rings. The van der Waals surface area contributed by atoms with Crippen molar-refractivity contribution in [3.8, 4) is 0 Å². The molecule has 0 aliphatic carbocycles. The summed E-state index contributed by atoms with van der Waals surface area (Å²) < 4.78 is 4.90. The molecule has 3 N–H and O–H groups in total. The maximum absolute atomic E-state index is 10.7. The van der Waals surface area contributed by atoms with Crippen molar-refractivity contribution < 1.29 is 14.6 Å². The topological polar surface area (TPSA) is 72.5 Å². The van der Waals surface area contributed by atoms with Gasteiger partial charge in [-0.3, -0.25) is 4.79 Å². The molecule has 0 radical (unpaired) electrons. The highest BCUT2D eigenvalue weighted by Gasteiger charge is 2.20. The molecule has 0 spiro atoms. The Labute approximate surface area is 66.3 Å². The number of hydrogen-bond acceptors (Lipinski definition) is 4. The Balaban J connectivity index is 3.80. The third-order valence-electron chi connectivity index (χ3n) is 1.27. The highest BCUT2D eigenvalue weighted by atomic mass is 16.6. The average Bonchev–Trinajstić information content (AvgIpc) is 1.86. The van der Waals surface area contributed by atoms with E-state index in [0.717, 1.165) is 0 Å². The lowest BCUT2D eigenvalue weighted by molar-refractivity contribution is -0.155. The summed E-state index contributed by atoms with van der Waals surface area (Å²) in [6, 6.07) is 0. The fourth-order valence-electron chi connectivity index (χ4n) is 0.670. The number of carbonyl (C=O) groups excluding carboxylic acids is 1. The lowest BCUT2D eigenvalue weighted by atomic mass is 10.1. The quantitative estimate of drug-likeness (QED) is 0.553. The van der Waals surface area contributed by atoms with Crippen LogP contribution in [0, 0.1) is 0 Å². The van der Waals surface area contributed by atoms with Gasteiger partial charge < -0.3 is 15.6 Å². The molecule has 0 bridgehead atoms. The van der Waals surface area contributed by atoms with E-state index in [-0.39, 0.29) is 13.2 Å². The average molecular weight is 161 g/mol. The number of esters is 1. The third-order valence-corrected chi connectivity index (χ3v) is 1.27. The minimum atomic E-state index is -0.606. The van der Waals surface area contributed by atoms with Crippen molar-refractivity contribution in [3.05, 3.63) is 0 Å². The van der Waals surface area contributed by atoms with Crippen LogP contribution in [0.3, 0.4) is 0 Å². The molecule has 0 saturated heterocycles. The second-order valence-corrected chi connectivity index (χ2v) is 2.91. The predicted molar refractivity (Wildman–Crippen MR) is 40.9 cm³/mol. The summed E-state index contributed by atoms with van der Waals surface area (Å²) in [6.45, 7) is 3.35. The Kier molecular flexibility index (Phi) is 4.07. The normalized spacial score (nSPS) is 11.3. The van der Waals surface area contributed by atoms with E-state index >= 15 is 0 Å². The molecule has 0 aromatic carbocycles. The van der Waals surface area contributed by atoms with Crippen LogP contribution in [0.15, 0.2) is 0 Å². The zero-order valence-corrected chi connectivity index (χ0v) is 6.96. The summed E-state index contributed by atoms with van der Waals surface area (Å²) in [5.74, 6) is -0.441. The van der Waals surface area contributed by atoms with Crippen LogP contribution in [-0.2, 0) is 9.53 Å². The van der Waals surface area contributed by atoms with Crippen molar-refractivity contribution in [3.63, 3.8) is 0 Å². The summed E-state index contributed by atoms with van der Waals surface area (Å²) in [7, 11) is 0. The molecular weight excluding hydrogens is 146 g/mol. The minimum absolute atomic E-state index is 0.00481. The van der Waals surface area contributed by atoms with Crippen molar-refractivity contribution in [2.75, 3.05) is 13.2 Å². The van der Waals surface area contributed by atoms with Gasteiger partial charge in [-0.1, -0.05) is 0 Å². The largest absolute Gasteiger partial charge is 0.459 e. The molecule has 11 heavy (non-hydrogen) atoms. The molecule has 4 nitrogen and oxygen atoms in total. The molecule has 0 aromatic heterocycles. The van der Waals surface area contributed by atoms with Gasteiger partial charge in [0.25, 0.3) is 0 Å². The van der Waals surface area contributed by atoms with Gasteiger partial charge in [0.05, 0.1) is 6.54 Å². The molecule has 0 saturated carbocycles. The van der Waals surface area contributed by atoms with E-state index in [0.29, 0.717) is 6.42 Å². The SMILES string of the molecule is CC(C)(CCO)OC(=O)CN. The van der Waals surface area contributed by atoms with Crippen molar-refractivity contribution in [2.24, 2.45) is 5.73 Å². The zero-order valence-electron chi connectivity index (χ0n) is 6.96. The van der Waals surface area contributed by atoms with Crippen molar-refractivity contribution in [1.82, 2.24) is 0 Å². The van der Waals surface area contributed by atoms with Gasteiger partial charge in [0.1, 0.15) is 5.60 Å². The first-order valence-electron chi connectivity index (χ1n) is 3.54. The summed E-state index contributed by atoms with van der Waals surface area (Å²) in [4.78, 5) is 10.7. The van der Waals surface area contributed by atoms with Gasteiger partial charge in [0.2, 0.25) is 0 Å². The van der Waals surface area contributed by atoms with E-state index in [1.807, 2.05) is 0 Å². The first-order valence-corrected chi connectivity index (χ1v) is 3.54. The number of ether oxygens (including phenoxy) is 1. The molecule has 0 aromatic rings. The minimum Gasteiger partial charge on any atom is -0.459 e. The van der Waals surface area contributed by atoms with Crippen molar-refractivity contribution >= 4 is 5.97 Å². The van der Waals surface area contributed by atoms with Gasteiger partial charge in [-0.15, -0.1) is 0 Å². The Morgan fingerprint density at radius 2 is 2.18 bits per heavy atom. The Morgan fingerprint density at radius 1 is 1.64 bits per heavy atom. The number of aliphatic hydroxyl groups is 1. The molecular formula is C7H15NO3.